The van der Waals surface area contributed by atoms with Gasteiger partial charge in [-0.05, 0) is 56.7 Å². The Bertz CT molecular complexity index is 1440. The highest BCUT2D eigenvalue weighted by Gasteiger charge is 2.13. The molecule has 0 fully saturated rings. The summed E-state index contributed by atoms with van der Waals surface area (Å²) in [7, 11) is 0. The smallest absolute Gasteiger partial charge is 0.230 e. The fraction of sp³-hybridized carbons (Fsp3) is 0.125. The molecule has 158 valence electrons. The first kappa shape index (κ1) is 19.7. The number of aromatic nitrogens is 6. The summed E-state index contributed by atoms with van der Waals surface area (Å²) in [6.07, 6.45) is 3.55. The first-order chi connectivity index (χ1) is 15.5. The number of nitrogens with one attached hydrogen (secondary N) is 1. The molecule has 0 amide bonds. The van der Waals surface area contributed by atoms with E-state index < -0.39 is 0 Å². The number of benzene rings is 2. The molecule has 2 aromatic carbocycles. The topological polar surface area (TPSA) is 81.4 Å². The lowest BCUT2D eigenvalue weighted by Crippen LogP contribution is -2.04. The lowest BCUT2D eigenvalue weighted by Gasteiger charge is -2.09. The van der Waals surface area contributed by atoms with Crippen LogP contribution < -0.4 is 5.32 Å². The van der Waals surface area contributed by atoms with Crippen molar-refractivity contribution in [3.05, 3.63) is 83.7 Å². The number of hydrogen-bond acceptors (Lipinski definition) is 6. The normalized spacial score (nSPS) is 11.1. The predicted octanol–water partition coefficient (Wildman–Crippen LogP) is 5.08. The largest absolute Gasteiger partial charge is 0.293 e. The van der Waals surface area contributed by atoms with Crippen LogP contribution in [0.15, 0.2) is 60.9 Å². The predicted molar refractivity (Wildman–Crippen MR) is 122 cm³/mol. The third-order valence-electron chi connectivity index (χ3n) is 5.26. The van der Waals surface area contributed by atoms with Gasteiger partial charge in [0.25, 0.3) is 0 Å². The molecule has 0 aliphatic carbocycles. The van der Waals surface area contributed by atoms with E-state index in [1.165, 1.54) is 12.1 Å². The second-order valence-corrected chi connectivity index (χ2v) is 7.54. The highest BCUT2D eigenvalue weighted by atomic mass is 19.1. The molecule has 7 nitrogen and oxygen atoms in total. The Balaban J connectivity index is 1.48. The molecular formula is C24H20FN7. The van der Waals surface area contributed by atoms with Gasteiger partial charge >= 0.3 is 0 Å². The number of para-hydroxylation sites is 1. The minimum absolute atomic E-state index is 0.286. The van der Waals surface area contributed by atoms with Crippen LogP contribution in [0.5, 0.6) is 0 Å². The molecule has 32 heavy (non-hydrogen) atoms. The summed E-state index contributed by atoms with van der Waals surface area (Å²) in [6, 6.07) is 14.0. The summed E-state index contributed by atoms with van der Waals surface area (Å²) in [5, 5.41) is 8.69. The standard InChI is InChI=1S/C24H20FN7/c1-14-5-4-6-19-15(2)27-24(29-22(14)19)30-23-26-12-11-21(28-23)20-13-32(31-16(20)3)18-9-7-17(25)8-10-18/h4-13H,1-3H3,(H,26,27,28,29,30). The Morgan fingerprint density at radius 2 is 1.66 bits per heavy atom. The van der Waals surface area contributed by atoms with E-state index in [9.17, 15) is 4.39 Å². The summed E-state index contributed by atoms with van der Waals surface area (Å²) < 4.78 is 15.0. The Hall–Kier alpha value is -4.20. The van der Waals surface area contributed by atoms with Crippen LogP contribution >= 0.6 is 0 Å². The minimum atomic E-state index is -0.286. The molecule has 0 bridgehead atoms. The van der Waals surface area contributed by atoms with Crippen LogP contribution in [0, 0.1) is 26.6 Å². The lowest BCUT2D eigenvalue weighted by atomic mass is 10.1. The molecule has 0 atom stereocenters. The van der Waals surface area contributed by atoms with Gasteiger partial charge in [-0.3, -0.25) is 5.32 Å². The van der Waals surface area contributed by atoms with E-state index in [1.54, 1.807) is 23.0 Å². The highest BCUT2D eigenvalue weighted by Crippen LogP contribution is 2.25. The van der Waals surface area contributed by atoms with Gasteiger partial charge in [-0.15, -0.1) is 0 Å². The van der Waals surface area contributed by atoms with Crippen molar-refractivity contribution in [3.63, 3.8) is 0 Å². The molecule has 0 aliphatic heterocycles. The van der Waals surface area contributed by atoms with Gasteiger partial charge in [0.15, 0.2) is 0 Å². The first-order valence-electron chi connectivity index (χ1n) is 10.1. The number of nitrogens with zero attached hydrogens (tertiary/aromatic N) is 6. The van der Waals surface area contributed by atoms with Crippen LogP contribution in [-0.2, 0) is 0 Å². The fourth-order valence-electron chi connectivity index (χ4n) is 3.61. The number of anilines is 2. The molecule has 5 rings (SSSR count). The van der Waals surface area contributed by atoms with E-state index in [0.29, 0.717) is 17.6 Å². The average molecular weight is 425 g/mol. The summed E-state index contributed by atoms with van der Waals surface area (Å²) >= 11 is 0. The van der Waals surface area contributed by atoms with Gasteiger partial charge in [0, 0.05) is 23.3 Å². The lowest BCUT2D eigenvalue weighted by molar-refractivity contribution is 0.627. The fourth-order valence-corrected chi connectivity index (χ4v) is 3.61. The van der Waals surface area contributed by atoms with Gasteiger partial charge in [0.1, 0.15) is 5.82 Å². The molecule has 1 N–H and O–H groups in total. The molecule has 5 aromatic rings. The third kappa shape index (κ3) is 3.66. The minimum Gasteiger partial charge on any atom is -0.293 e. The third-order valence-corrected chi connectivity index (χ3v) is 5.26. The maximum absolute atomic E-state index is 13.2. The van der Waals surface area contributed by atoms with Crippen molar-refractivity contribution in [2.24, 2.45) is 0 Å². The van der Waals surface area contributed by atoms with Crippen LogP contribution in [0.1, 0.15) is 17.0 Å². The number of hydrogen-bond donors (Lipinski definition) is 1. The summed E-state index contributed by atoms with van der Waals surface area (Å²) in [5.41, 5.74) is 5.99. The maximum Gasteiger partial charge on any atom is 0.230 e. The van der Waals surface area contributed by atoms with Gasteiger partial charge in [-0.25, -0.2) is 29.0 Å². The van der Waals surface area contributed by atoms with Crippen LogP contribution in [-0.4, -0.2) is 29.7 Å². The molecule has 0 saturated carbocycles. The van der Waals surface area contributed by atoms with Crippen molar-refractivity contribution in [2.45, 2.75) is 20.8 Å². The van der Waals surface area contributed by atoms with Crippen molar-refractivity contribution in [2.75, 3.05) is 5.32 Å². The SMILES string of the molecule is Cc1nn(-c2ccc(F)cc2)cc1-c1ccnc(Nc2nc(C)c3cccc(C)c3n2)n1. The maximum atomic E-state index is 13.2. The van der Waals surface area contributed by atoms with E-state index in [-0.39, 0.29) is 5.82 Å². The summed E-state index contributed by atoms with van der Waals surface area (Å²) in [6.45, 7) is 5.89. The van der Waals surface area contributed by atoms with Gasteiger partial charge < -0.3 is 0 Å². The highest BCUT2D eigenvalue weighted by molar-refractivity contribution is 5.84. The second-order valence-electron chi connectivity index (χ2n) is 7.54. The number of aryl methyl sites for hydroxylation is 3. The van der Waals surface area contributed by atoms with Gasteiger partial charge in [-0.1, -0.05) is 18.2 Å². The Labute approximate surface area is 184 Å². The molecule has 0 unspecified atom stereocenters. The zero-order valence-electron chi connectivity index (χ0n) is 17.8. The summed E-state index contributed by atoms with van der Waals surface area (Å²) in [5.74, 6) is 0.551. The van der Waals surface area contributed by atoms with Crippen molar-refractivity contribution in [3.8, 4) is 16.9 Å². The Morgan fingerprint density at radius 3 is 2.47 bits per heavy atom. The second kappa shape index (κ2) is 7.81. The number of rotatable bonds is 4. The average Bonchev–Trinajstić information content (AvgIpc) is 3.17. The van der Waals surface area contributed by atoms with Gasteiger partial charge in [0.05, 0.1) is 28.3 Å². The molecule has 3 aromatic heterocycles. The number of halogens is 1. The monoisotopic (exact) mass is 425 g/mol. The van der Waals surface area contributed by atoms with E-state index in [0.717, 1.165) is 39.1 Å². The quantitative estimate of drug-likeness (QED) is 0.432. The van der Waals surface area contributed by atoms with Crippen LogP contribution in [0.25, 0.3) is 27.8 Å². The van der Waals surface area contributed by atoms with Crippen molar-refractivity contribution < 1.29 is 4.39 Å². The van der Waals surface area contributed by atoms with Gasteiger partial charge in [0.2, 0.25) is 11.9 Å². The van der Waals surface area contributed by atoms with Gasteiger partial charge in [-0.2, -0.15) is 5.10 Å². The first-order valence-corrected chi connectivity index (χ1v) is 10.1. The molecule has 0 saturated heterocycles. The molecule has 0 spiro atoms. The zero-order valence-corrected chi connectivity index (χ0v) is 17.8. The Kier molecular flexibility index (Phi) is 4.82. The van der Waals surface area contributed by atoms with Crippen LogP contribution in [0.2, 0.25) is 0 Å². The van der Waals surface area contributed by atoms with Crippen LogP contribution in [0.3, 0.4) is 0 Å². The molecule has 0 radical (unpaired) electrons. The molecule has 0 aliphatic rings. The van der Waals surface area contributed by atoms with E-state index in [2.05, 4.69) is 30.4 Å². The zero-order chi connectivity index (χ0) is 22.2. The molecule has 3 heterocycles. The number of fused-ring (bicyclic) bond motifs is 1. The Morgan fingerprint density at radius 1 is 0.844 bits per heavy atom. The van der Waals surface area contributed by atoms with Crippen molar-refractivity contribution in [1.29, 1.82) is 0 Å². The van der Waals surface area contributed by atoms with E-state index in [1.807, 2.05) is 51.2 Å². The van der Waals surface area contributed by atoms with Crippen molar-refractivity contribution >= 4 is 22.8 Å². The molecule has 8 heteroatoms. The van der Waals surface area contributed by atoms with Crippen LogP contribution in [0.4, 0.5) is 16.3 Å². The van der Waals surface area contributed by atoms with Crippen molar-refractivity contribution in [1.82, 2.24) is 29.7 Å². The summed E-state index contributed by atoms with van der Waals surface area (Å²) in [4.78, 5) is 18.2. The molecular weight excluding hydrogens is 405 g/mol. The van der Waals surface area contributed by atoms with E-state index >= 15 is 0 Å². The van der Waals surface area contributed by atoms with E-state index in [4.69, 9.17) is 0 Å².